The van der Waals surface area contributed by atoms with E-state index in [0.717, 1.165) is 25.7 Å². The first-order chi connectivity index (χ1) is 13.4. The third-order valence-electron chi connectivity index (χ3n) is 5.53. The quantitative estimate of drug-likeness (QED) is 0.728. The number of sulfonamides is 1. The molecule has 1 aliphatic heterocycles. The Labute approximate surface area is 166 Å². The summed E-state index contributed by atoms with van der Waals surface area (Å²) in [5.74, 6) is -1.07. The molecule has 1 unspecified atom stereocenters. The Morgan fingerprint density at radius 2 is 1.68 bits per heavy atom. The van der Waals surface area contributed by atoms with Crippen LogP contribution in [0.5, 0.6) is 0 Å². The van der Waals surface area contributed by atoms with E-state index in [2.05, 4.69) is 5.32 Å². The van der Waals surface area contributed by atoms with Gasteiger partial charge in [-0.2, -0.15) is 4.31 Å². The van der Waals surface area contributed by atoms with Crippen LogP contribution in [0.3, 0.4) is 0 Å². The van der Waals surface area contributed by atoms with E-state index in [1.807, 2.05) is 0 Å². The standard InChI is InChI=1S/C20H28N2O5S/c1-15(19(23)21-17-7-5-6-8-17)27-20(24)16-11-13-22(14-12-16)28(25,26)18-9-3-2-4-10-18/h2-4,9-10,15-17H,5-8,11-14H2,1H3,(H,21,23). The largest absolute Gasteiger partial charge is 0.452 e. The minimum Gasteiger partial charge on any atom is -0.452 e. The summed E-state index contributed by atoms with van der Waals surface area (Å²) in [5, 5.41) is 2.93. The third-order valence-corrected chi connectivity index (χ3v) is 7.44. The molecule has 7 nitrogen and oxygen atoms in total. The van der Waals surface area contributed by atoms with Crippen LogP contribution in [-0.2, 0) is 24.3 Å². The highest BCUT2D eigenvalue weighted by atomic mass is 32.2. The summed E-state index contributed by atoms with van der Waals surface area (Å²) in [4.78, 5) is 24.8. The number of nitrogens with one attached hydrogen (secondary N) is 1. The molecule has 1 aromatic rings. The number of hydrogen-bond donors (Lipinski definition) is 1. The lowest BCUT2D eigenvalue weighted by molar-refractivity contribution is -0.160. The average molecular weight is 409 g/mol. The van der Waals surface area contributed by atoms with Gasteiger partial charge in [-0.15, -0.1) is 0 Å². The zero-order valence-electron chi connectivity index (χ0n) is 16.2. The topological polar surface area (TPSA) is 92.8 Å². The van der Waals surface area contributed by atoms with Crippen molar-refractivity contribution < 1.29 is 22.7 Å². The first kappa shape index (κ1) is 20.8. The number of benzene rings is 1. The Balaban J connectivity index is 1.49. The molecular weight excluding hydrogens is 380 g/mol. The molecule has 1 aliphatic carbocycles. The zero-order valence-corrected chi connectivity index (χ0v) is 17.0. The summed E-state index contributed by atoms with van der Waals surface area (Å²) in [6, 6.07) is 8.47. The van der Waals surface area contributed by atoms with Gasteiger partial charge in [0, 0.05) is 19.1 Å². The van der Waals surface area contributed by atoms with Crippen LogP contribution < -0.4 is 5.32 Å². The van der Waals surface area contributed by atoms with Crippen molar-refractivity contribution in [2.45, 2.75) is 62.5 Å². The van der Waals surface area contributed by atoms with Crippen molar-refractivity contribution in [3.8, 4) is 0 Å². The van der Waals surface area contributed by atoms with E-state index < -0.39 is 22.1 Å². The van der Waals surface area contributed by atoms with Crippen LogP contribution in [0.25, 0.3) is 0 Å². The molecule has 2 fully saturated rings. The van der Waals surface area contributed by atoms with Gasteiger partial charge in [-0.05, 0) is 44.7 Å². The molecule has 1 saturated carbocycles. The number of carbonyl (C=O) groups is 2. The molecule has 154 valence electrons. The van der Waals surface area contributed by atoms with E-state index in [1.54, 1.807) is 37.3 Å². The summed E-state index contributed by atoms with van der Waals surface area (Å²) in [5.41, 5.74) is 0. The highest BCUT2D eigenvalue weighted by Crippen LogP contribution is 2.25. The van der Waals surface area contributed by atoms with E-state index in [4.69, 9.17) is 4.74 Å². The second kappa shape index (κ2) is 9.05. The number of carbonyl (C=O) groups excluding carboxylic acids is 2. The third kappa shape index (κ3) is 4.91. The van der Waals surface area contributed by atoms with Crippen LogP contribution in [0.2, 0.25) is 0 Å². The summed E-state index contributed by atoms with van der Waals surface area (Å²) in [6.07, 6.45) is 4.12. The molecule has 0 radical (unpaired) electrons. The Morgan fingerprint density at radius 1 is 1.07 bits per heavy atom. The van der Waals surface area contributed by atoms with E-state index in [0.29, 0.717) is 12.8 Å². The van der Waals surface area contributed by atoms with E-state index in [9.17, 15) is 18.0 Å². The van der Waals surface area contributed by atoms with Crippen molar-refractivity contribution in [1.82, 2.24) is 9.62 Å². The van der Waals surface area contributed by atoms with Crippen molar-refractivity contribution in [3.63, 3.8) is 0 Å². The number of nitrogens with zero attached hydrogens (tertiary/aromatic N) is 1. The van der Waals surface area contributed by atoms with Gasteiger partial charge in [-0.3, -0.25) is 9.59 Å². The lowest BCUT2D eigenvalue weighted by atomic mass is 9.98. The summed E-state index contributed by atoms with van der Waals surface area (Å²) in [7, 11) is -3.54. The number of piperidine rings is 1. The van der Waals surface area contributed by atoms with Crippen LogP contribution in [0.15, 0.2) is 35.2 Å². The van der Waals surface area contributed by atoms with Gasteiger partial charge in [0.2, 0.25) is 10.0 Å². The molecule has 28 heavy (non-hydrogen) atoms. The first-order valence-corrected chi connectivity index (χ1v) is 11.4. The molecule has 1 heterocycles. The van der Waals surface area contributed by atoms with Crippen molar-refractivity contribution in [2.24, 2.45) is 5.92 Å². The normalized spacial score (nSPS) is 20.6. The predicted molar refractivity (Wildman–Crippen MR) is 104 cm³/mol. The second-order valence-corrected chi connectivity index (χ2v) is 9.50. The lowest BCUT2D eigenvalue weighted by Gasteiger charge is -2.30. The molecule has 1 atom stereocenters. The Kier molecular flexibility index (Phi) is 6.72. The molecule has 8 heteroatoms. The van der Waals surface area contributed by atoms with Crippen LogP contribution in [-0.4, -0.2) is 49.8 Å². The maximum absolute atomic E-state index is 12.7. The van der Waals surface area contributed by atoms with Crippen LogP contribution in [0.4, 0.5) is 0 Å². The first-order valence-electron chi connectivity index (χ1n) is 9.94. The van der Waals surface area contributed by atoms with Gasteiger partial charge in [0.05, 0.1) is 10.8 Å². The van der Waals surface area contributed by atoms with Gasteiger partial charge in [0.15, 0.2) is 6.10 Å². The Bertz CT molecular complexity index is 782. The fraction of sp³-hybridized carbons (Fsp3) is 0.600. The van der Waals surface area contributed by atoms with E-state index in [1.165, 1.54) is 4.31 Å². The number of amides is 1. The molecule has 0 bridgehead atoms. The van der Waals surface area contributed by atoms with Gasteiger partial charge in [0.25, 0.3) is 5.91 Å². The van der Waals surface area contributed by atoms with Crippen molar-refractivity contribution in [2.75, 3.05) is 13.1 Å². The fourth-order valence-electron chi connectivity index (χ4n) is 3.79. The molecular formula is C20H28N2O5S. The minimum absolute atomic E-state index is 0.181. The van der Waals surface area contributed by atoms with E-state index in [-0.39, 0.29) is 35.9 Å². The molecule has 1 saturated heterocycles. The SMILES string of the molecule is CC(OC(=O)C1CCN(S(=O)(=O)c2ccccc2)CC1)C(=O)NC1CCCC1. The average Bonchev–Trinajstić information content (AvgIpc) is 3.21. The van der Waals surface area contributed by atoms with Gasteiger partial charge < -0.3 is 10.1 Å². The van der Waals surface area contributed by atoms with Crippen molar-refractivity contribution in [1.29, 1.82) is 0 Å². The molecule has 0 spiro atoms. The minimum atomic E-state index is -3.54. The van der Waals surface area contributed by atoms with Gasteiger partial charge in [0.1, 0.15) is 0 Å². The van der Waals surface area contributed by atoms with Crippen LogP contribution in [0.1, 0.15) is 45.4 Å². The summed E-state index contributed by atoms with van der Waals surface area (Å²) < 4.78 is 32.1. The van der Waals surface area contributed by atoms with Gasteiger partial charge in [-0.1, -0.05) is 31.0 Å². The number of ether oxygens (including phenoxy) is 1. The lowest BCUT2D eigenvalue weighted by Crippen LogP contribution is -2.43. The van der Waals surface area contributed by atoms with Crippen LogP contribution in [0, 0.1) is 5.92 Å². The van der Waals surface area contributed by atoms with E-state index >= 15 is 0 Å². The van der Waals surface area contributed by atoms with Crippen LogP contribution >= 0.6 is 0 Å². The monoisotopic (exact) mass is 408 g/mol. The van der Waals surface area contributed by atoms with Gasteiger partial charge >= 0.3 is 5.97 Å². The molecule has 2 aliphatic rings. The number of esters is 1. The highest BCUT2D eigenvalue weighted by Gasteiger charge is 2.34. The molecule has 1 aromatic carbocycles. The summed E-state index contributed by atoms with van der Waals surface area (Å²) >= 11 is 0. The molecule has 0 aromatic heterocycles. The number of hydrogen-bond acceptors (Lipinski definition) is 5. The Morgan fingerprint density at radius 3 is 2.29 bits per heavy atom. The summed E-state index contributed by atoms with van der Waals surface area (Å²) in [6.45, 7) is 2.11. The second-order valence-electron chi connectivity index (χ2n) is 7.56. The molecule has 1 N–H and O–H groups in total. The highest BCUT2D eigenvalue weighted by molar-refractivity contribution is 7.89. The molecule has 1 amide bonds. The number of rotatable bonds is 6. The Hall–Kier alpha value is -1.93. The van der Waals surface area contributed by atoms with Crippen molar-refractivity contribution in [3.05, 3.63) is 30.3 Å². The maximum Gasteiger partial charge on any atom is 0.309 e. The zero-order chi connectivity index (χ0) is 20.1. The molecule has 3 rings (SSSR count). The smallest absolute Gasteiger partial charge is 0.309 e. The maximum atomic E-state index is 12.7. The van der Waals surface area contributed by atoms with Crippen molar-refractivity contribution >= 4 is 21.9 Å². The predicted octanol–water partition coefficient (Wildman–Crippen LogP) is 2.08. The fourth-order valence-corrected chi connectivity index (χ4v) is 5.28. The van der Waals surface area contributed by atoms with Gasteiger partial charge in [-0.25, -0.2) is 8.42 Å².